The molecular weight excluding hydrogens is 226 g/mol. The van der Waals surface area contributed by atoms with Crippen LogP contribution in [0.5, 0.6) is 0 Å². The van der Waals surface area contributed by atoms with Crippen LogP contribution in [0.4, 0.5) is 0 Å². The number of aliphatic carboxylic acids is 1. The van der Waals surface area contributed by atoms with Crippen molar-refractivity contribution in [2.45, 2.75) is 33.1 Å². The predicted molar refractivity (Wildman–Crippen MR) is 73.8 cm³/mol. The monoisotopic (exact) mass is 249 g/mol. The highest BCUT2D eigenvalue weighted by atomic mass is 16.4. The van der Waals surface area contributed by atoms with Gasteiger partial charge < -0.3 is 10.4 Å². The fraction of sp³-hybridized carbons (Fsp3) is 0.533. The van der Waals surface area contributed by atoms with Gasteiger partial charge in [0.2, 0.25) is 0 Å². The lowest BCUT2D eigenvalue weighted by atomic mass is 9.92. The Kier molecular flexibility index (Phi) is 5.35. The van der Waals surface area contributed by atoms with Crippen molar-refractivity contribution in [1.82, 2.24) is 5.32 Å². The van der Waals surface area contributed by atoms with Gasteiger partial charge in [0.25, 0.3) is 0 Å². The van der Waals surface area contributed by atoms with Crippen LogP contribution in [0.1, 0.15) is 38.7 Å². The Labute approximate surface area is 109 Å². The average Bonchev–Trinajstić information content (AvgIpc) is 2.28. The third-order valence-electron chi connectivity index (χ3n) is 2.90. The minimum atomic E-state index is -0.774. The Morgan fingerprint density at radius 3 is 2.39 bits per heavy atom. The summed E-state index contributed by atoms with van der Waals surface area (Å²) < 4.78 is 0. The molecule has 0 aromatic heterocycles. The Balaban J connectivity index is 2.48. The number of rotatable bonds is 6. The Bertz CT molecular complexity index is 368. The summed E-state index contributed by atoms with van der Waals surface area (Å²) in [6.07, 6.45) is 1.04. The van der Waals surface area contributed by atoms with Crippen LogP contribution in [0.25, 0.3) is 0 Å². The second kappa shape index (κ2) is 6.55. The van der Waals surface area contributed by atoms with Gasteiger partial charge in [-0.15, -0.1) is 0 Å². The van der Waals surface area contributed by atoms with Gasteiger partial charge in [0.1, 0.15) is 0 Å². The van der Waals surface area contributed by atoms with E-state index >= 15 is 0 Å². The van der Waals surface area contributed by atoms with Crippen LogP contribution >= 0.6 is 0 Å². The van der Waals surface area contributed by atoms with Gasteiger partial charge >= 0.3 is 5.97 Å². The first-order valence-electron chi connectivity index (χ1n) is 6.38. The van der Waals surface area contributed by atoms with Crippen molar-refractivity contribution in [3.8, 4) is 0 Å². The van der Waals surface area contributed by atoms with E-state index in [1.54, 1.807) is 0 Å². The summed E-state index contributed by atoms with van der Waals surface area (Å²) in [5.74, 6) is -1.24. The number of carbonyl (C=O) groups is 1. The maximum absolute atomic E-state index is 11.3. The van der Waals surface area contributed by atoms with Gasteiger partial charge in [-0.3, -0.25) is 4.79 Å². The molecular formula is C15H23NO2. The van der Waals surface area contributed by atoms with E-state index in [2.05, 4.69) is 26.1 Å². The van der Waals surface area contributed by atoms with Crippen molar-refractivity contribution in [2.24, 2.45) is 5.41 Å². The molecule has 0 bridgehead atoms. The van der Waals surface area contributed by atoms with Gasteiger partial charge in [-0.1, -0.05) is 51.1 Å². The number of benzene rings is 1. The van der Waals surface area contributed by atoms with Gasteiger partial charge in [0.15, 0.2) is 0 Å². The molecule has 0 heterocycles. The maximum atomic E-state index is 11.3. The SMILES string of the molecule is CC(C)(C)CCNCC(C(=O)O)c1ccccc1. The molecule has 1 aromatic rings. The van der Waals surface area contributed by atoms with Gasteiger partial charge in [-0.25, -0.2) is 0 Å². The molecule has 2 N–H and O–H groups in total. The molecule has 0 aliphatic heterocycles. The van der Waals surface area contributed by atoms with E-state index in [0.29, 0.717) is 6.54 Å². The largest absolute Gasteiger partial charge is 0.481 e. The van der Waals surface area contributed by atoms with Gasteiger partial charge in [-0.05, 0) is 23.9 Å². The zero-order valence-corrected chi connectivity index (χ0v) is 11.4. The second-order valence-electron chi connectivity index (χ2n) is 5.82. The third-order valence-corrected chi connectivity index (χ3v) is 2.90. The molecule has 0 saturated carbocycles. The molecule has 0 fully saturated rings. The van der Waals surface area contributed by atoms with Gasteiger partial charge in [-0.2, -0.15) is 0 Å². The maximum Gasteiger partial charge on any atom is 0.312 e. The van der Waals surface area contributed by atoms with E-state index in [9.17, 15) is 9.90 Å². The summed E-state index contributed by atoms with van der Waals surface area (Å²) in [6.45, 7) is 7.87. The van der Waals surface area contributed by atoms with E-state index < -0.39 is 11.9 Å². The first-order valence-corrected chi connectivity index (χ1v) is 6.38. The van der Waals surface area contributed by atoms with Gasteiger partial charge in [0.05, 0.1) is 5.92 Å². The van der Waals surface area contributed by atoms with Crippen molar-refractivity contribution in [2.75, 3.05) is 13.1 Å². The molecule has 0 spiro atoms. The Morgan fingerprint density at radius 1 is 1.28 bits per heavy atom. The number of carboxylic acids is 1. The Morgan fingerprint density at radius 2 is 1.89 bits per heavy atom. The molecule has 0 aliphatic rings. The molecule has 100 valence electrons. The third kappa shape index (κ3) is 5.32. The fourth-order valence-corrected chi connectivity index (χ4v) is 1.74. The van der Waals surface area contributed by atoms with Crippen LogP contribution in [-0.2, 0) is 4.79 Å². The molecule has 1 atom stereocenters. The van der Waals surface area contributed by atoms with Crippen LogP contribution in [0.2, 0.25) is 0 Å². The van der Waals surface area contributed by atoms with Gasteiger partial charge in [0, 0.05) is 6.54 Å². The second-order valence-corrected chi connectivity index (χ2v) is 5.82. The summed E-state index contributed by atoms with van der Waals surface area (Å²) in [4.78, 5) is 11.3. The van der Waals surface area contributed by atoms with Crippen molar-refractivity contribution in [3.63, 3.8) is 0 Å². The van der Waals surface area contributed by atoms with E-state index in [4.69, 9.17) is 0 Å². The molecule has 3 nitrogen and oxygen atoms in total. The van der Waals surface area contributed by atoms with Crippen molar-refractivity contribution in [1.29, 1.82) is 0 Å². The number of carboxylic acid groups (broad SMARTS) is 1. The number of hydrogen-bond donors (Lipinski definition) is 2. The molecule has 0 amide bonds. The van der Waals surface area contributed by atoms with Crippen LogP contribution in [-0.4, -0.2) is 24.2 Å². The lowest BCUT2D eigenvalue weighted by Gasteiger charge is -2.19. The van der Waals surface area contributed by atoms with E-state index in [0.717, 1.165) is 18.5 Å². The van der Waals surface area contributed by atoms with Crippen LogP contribution in [0.3, 0.4) is 0 Å². The lowest BCUT2D eigenvalue weighted by molar-refractivity contribution is -0.138. The smallest absolute Gasteiger partial charge is 0.312 e. The summed E-state index contributed by atoms with van der Waals surface area (Å²) in [6, 6.07) is 9.38. The molecule has 0 aliphatic carbocycles. The summed E-state index contributed by atoms with van der Waals surface area (Å²) in [7, 11) is 0. The highest BCUT2D eigenvalue weighted by molar-refractivity contribution is 5.76. The molecule has 1 rings (SSSR count). The topological polar surface area (TPSA) is 49.3 Å². The summed E-state index contributed by atoms with van der Waals surface area (Å²) in [5, 5.41) is 12.5. The van der Waals surface area contributed by atoms with Crippen molar-refractivity contribution in [3.05, 3.63) is 35.9 Å². The minimum Gasteiger partial charge on any atom is -0.481 e. The summed E-state index contributed by atoms with van der Waals surface area (Å²) in [5.41, 5.74) is 1.13. The van der Waals surface area contributed by atoms with E-state index in [1.165, 1.54) is 0 Å². The highest BCUT2D eigenvalue weighted by Gasteiger charge is 2.19. The highest BCUT2D eigenvalue weighted by Crippen LogP contribution is 2.18. The normalized spacial score (nSPS) is 13.3. The first-order chi connectivity index (χ1) is 8.40. The molecule has 0 saturated heterocycles. The first kappa shape index (κ1) is 14.7. The zero-order valence-electron chi connectivity index (χ0n) is 11.4. The van der Waals surface area contributed by atoms with Crippen molar-refractivity contribution >= 4 is 5.97 Å². The molecule has 3 heteroatoms. The van der Waals surface area contributed by atoms with E-state index in [-0.39, 0.29) is 5.41 Å². The average molecular weight is 249 g/mol. The standard InChI is InChI=1S/C15H23NO2/c1-15(2,3)9-10-16-11-13(14(17)18)12-7-5-4-6-8-12/h4-8,13,16H,9-11H2,1-3H3,(H,17,18). The minimum absolute atomic E-state index is 0.276. The fourth-order valence-electron chi connectivity index (χ4n) is 1.74. The molecule has 18 heavy (non-hydrogen) atoms. The molecule has 1 unspecified atom stereocenters. The quantitative estimate of drug-likeness (QED) is 0.762. The van der Waals surface area contributed by atoms with Crippen LogP contribution in [0.15, 0.2) is 30.3 Å². The van der Waals surface area contributed by atoms with Crippen molar-refractivity contribution < 1.29 is 9.90 Å². The number of nitrogens with one attached hydrogen (secondary N) is 1. The van der Waals surface area contributed by atoms with Crippen LogP contribution < -0.4 is 5.32 Å². The summed E-state index contributed by atoms with van der Waals surface area (Å²) >= 11 is 0. The lowest BCUT2D eigenvalue weighted by Crippen LogP contribution is -2.29. The predicted octanol–water partition coefficient (Wildman–Crippen LogP) is 2.88. The zero-order chi connectivity index (χ0) is 13.6. The number of hydrogen-bond acceptors (Lipinski definition) is 2. The van der Waals surface area contributed by atoms with E-state index in [1.807, 2.05) is 30.3 Å². The molecule has 1 aromatic carbocycles. The molecule has 0 radical (unpaired) electrons. The van der Waals surface area contributed by atoms with Crippen LogP contribution in [0, 0.1) is 5.41 Å². The Hall–Kier alpha value is -1.35.